The molecular formula is C132H108N6O2. The molecule has 0 heterocycles. The normalized spacial score (nSPS) is 10.8. The van der Waals surface area contributed by atoms with Crippen molar-refractivity contribution in [2.24, 2.45) is 0 Å². The Morgan fingerprint density at radius 2 is 0.307 bits per heavy atom. The lowest BCUT2D eigenvalue weighted by Gasteiger charge is -2.27. The molecule has 0 radical (unpaired) electrons. The highest BCUT2D eigenvalue weighted by Gasteiger charge is 2.22. The van der Waals surface area contributed by atoms with Crippen LogP contribution in [-0.4, -0.2) is 35.4 Å². The molecule has 0 spiro atoms. The second-order valence-electron chi connectivity index (χ2n) is 34.7. The van der Waals surface area contributed by atoms with Crippen LogP contribution in [0.4, 0.5) is 85.3 Å². The fraction of sp³-hybridized carbons (Fsp3) is 0.0455. The van der Waals surface area contributed by atoms with Gasteiger partial charge in [-0.1, -0.05) is 346 Å². The molecule has 0 bridgehead atoms. The number of aryl methyl sites for hydroxylation is 1. The van der Waals surface area contributed by atoms with Gasteiger partial charge >= 0.3 is 0 Å². The molecule has 0 aliphatic heterocycles. The molecule has 140 heavy (non-hydrogen) atoms. The van der Waals surface area contributed by atoms with Crippen molar-refractivity contribution in [2.75, 3.05) is 64.8 Å². The summed E-state index contributed by atoms with van der Waals surface area (Å²) in [5, 5.41) is 0. The van der Waals surface area contributed by atoms with Crippen LogP contribution in [0.1, 0.15) is 5.56 Å². The van der Waals surface area contributed by atoms with Crippen LogP contribution in [0.5, 0.6) is 11.5 Å². The minimum Gasteiger partial charge on any atom is -0.497 e. The number of hydrogen-bond donors (Lipinski definition) is 0. The lowest BCUT2D eigenvalue weighted by atomic mass is 10.0. The maximum Gasteiger partial charge on any atom is 0.120 e. The van der Waals surface area contributed by atoms with Crippen molar-refractivity contribution in [3.8, 4) is 112 Å². The predicted octanol–water partition coefficient (Wildman–Crippen LogP) is 36.1. The molecular weight excluding hydrogens is 1700 g/mol. The summed E-state index contributed by atoms with van der Waals surface area (Å²) in [5.41, 5.74) is 39.3. The van der Waals surface area contributed by atoms with Gasteiger partial charge in [-0.3, -0.25) is 0 Å². The summed E-state index contributed by atoms with van der Waals surface area (Å²) in [6, 6.07) is 194. The number of nitrogens with zero attached hydrogens (tertiary/aromatic N) is 6. The van der Waals surface area contributed by atoms with E-state index >= 15 is 0 Å². The molecule has 0 N–H and O–H groups in total. The van der Waals surface area contributed by atoms with Gasteiger partial charge in [-0.05, 0) is 307 Å². The Morgan fingerprint density at radius 3 is 0.536 bits per heavy atom. The van der Waals surface area contributed by atoms with Gasteiger partial charge in [0, 0.05) is 113 Å². The average Bonchev–Trinajstić information content (AvgIpc) is 0.791. The SMILES string of the molecule is COc1ccc(N(C)c2ccc(-c3ccc(N(c4cccc(-c5ccccc5)c4)c4cccc(-c5ccccc5)c4)cc3)cc2)cc1.COc1cccc(N(C)c2ccc(-c3ccc(N(c4cccc(-c5ccccc5)c4)c4cccc(-c5ccccc5)c4)cc3)cc2)c1.Cc1cccc(N(C)c2ccc(-c3ccc(N(c4cccc(-c5ccccc5)c4)c4cccc(-c5ccccc5)c4)cc3)cc2)c1. The number of hydrogen-bond acceptors (Lipinski definition) is 8. The minimum atomic E-state index is 0.846. The highest BCUT2D eigenvalue weighted by atomic mass is 16.5. The van der Waals surface area contributed by atoms with E-state index in [2.05, 4.69) is 573 Å². The van der Waals surface area contributed by atoms with Gasteiger partial charge < -0.3 is 38.9 Å². The summed E-state index contributed by atoms with van der Waals surface area (Å²) >= 11 is 0. The second-order valence-corrected chi connectivity index (χ2v) is 34.7. The zero-order valence-electron chi connectivity index (χ0n) is 79.5. The molecule has 0 aliphatic carbocycles. The van der Waals surface area contributed by atoms with E-state index in [1.54, 1.807) is 14.2 Å². The third kappa shape index (κ3) is 21.7. The van der Waals surface area contributed by atoms with Crippen LogP contribution in [0.3, 0.4) is 0 Å². The van der Waals surface area contributed by atoms with Crippen LogP contribution in [0.25, 0.3) is 100 Å². The highest BCUT2D eigenvalue weighted by molar-refractivity contribution is 5.89. The van der Waals surface area contributed by atoms with Crippen molar-refractivity contribution in [2.45, 2.75) is 6.92 Å². The number of ether oxygens (including phenoxy) is 2. The summed E-state index contributed by atoms with van der Waals surface area (Å²) in [6.45, 7) is 2.13. The lowest BCUT2D eigenvalue weighted by Crippen LogP contribution is -2.10. The number of benzene rings is 21. The Labute approximate surface area is 824 Å². The minimum absolute atomic E-state index is 0.846. The molecule has 0 amide bonds. The Bertz CT molecular complexity index is 7380. The van der Waals surface area contributed by atoms with E-state index in [-0.39, 0.29) is 0 Å². The third-order valence-corrected chi connectivity index (χ3v) is 25.7. The summed E-state index contributed by atoms with van der Waals surface area (Å²) in [6.07, 6.45) is 0. The first-order chi connectivity index (χ1) is 68.9. The van der Waals surface area contributed by atoms with Crippen LogP contribution in [0.2, 0.25) is 0 Å². The van der Waals surface area contributed by atoms with E-state index in [1.165, 1.54) is 111 Å². The highest BCUT2D eigenvalue weighted by Crippen LogP contribution is 2.45. The van der Waals surface area contributed by atoms with E-state index in [1.807, 2.05) is 30.3 Å². The Morgan fingerprint density at radius 1 is 0.129 bits per heavy atom. The van der Waals surface area contributed by atoms with Gasteiger partial charge in [0.25, 0.3) is 0 Å². The largest absolute Gasteiger partial charge is 0.497 e. The third-order valence-electron chi connectivity index (χ3n) is 25.7. The van der Waals surface area contributed by atoms with Crippen LogP contribution in [0.15, 0.2) is 546 Å². The van der Waals surface area contributed by atoms with Crippen molar-refractivity contribution in [1.82, 2.24) is 0 Å². The second kappa shape index (κ2) is 43.6. The smallest absolute Gasteiger partial charge is 0.120 e. The molecule has 21 rings (SSSR count). The Hall–Kier alpha value is -18.0. The predicted molar refractivity (Wildman–Crippen MR) is 594 cm³/mol. The van der Waals surface area contributed by atoms with E-state index in [4.69, 9.17) is 9.47 Å². The Balaban J connectivity index is 0.000000134. The summed E-state index contributed by atoms with van der Waals surface area (Å²) < 4.78 is 10.7. The van der Waals surface area contributed by atoms with E-state index < -0.39 is 0 Å². The fourth-order valence-corrected chi connectivity index (χ4v) is 18.0. The van der Waals surface area contributed by atoms with Gasteiger partial charge in [0.15, 0.2) is 0 Å². The molecule has 678 valence electrons. The molecule has 8 heteroatoms. The van der Waals surface area contributed by atoms with Crippen LogP contribution < -0.4 is 38.9 Å². The van der Waals surface area contributed by atoms with Gasteiger partial charge in [0.05, 0.1) is 14.2 Å². The monoisotopic (exact) mass is 1810 g/mol. The summed E-state index contributed by atoms with van der Waals surface area (Å²) in [7, 11) is 9.66. The zero-order valence-corrected chi connectivity index (χ0v) is 79.5. The van der Waals surface area contributed by atoms with Gasteiger partial charge in [0.1, 0.15) is 11.5 Å². The fourth-order valence-electron chi connectivity index (χ4n) is 18.0. The van der Waals surface area contributed by atoms with E-state index in [0.29, 0.717) is 0 Å². The molecule has 0 saturated heterocycles. The lowest BCUT2D eigenvalue weighted by molar-refractivity contribution is 0.415. The molecule has 21 aromatic rings. The molecule has 0 aromatic heterocycles. The van der Waals surface area contributed by atoms with Crippen molar-refractivity contribution < 1.29 is 9.47 Å². The number of rotatable bonds is 26. The van der Waals surface area contributed by atoms with E-state index in [9.17, 15) is 0 Å². The van der Waals surface area contributed by atoms with Crippen molar-refractivity contribution in [3.63, 3.8) is 0 Å². The maximum atomic E-state index is 5.42. The van der Waals surface area contributed by atoms with Crippen molar-refractivity contribution in [3.05, 3.63) is 552 Å². The zero-order chi connectivity index (χ0) is 95.3. The molecule has 21 aromatic carbocycles. The average molecular weight is 1810 g/mol. The first-order valence-corrected chi connectivity index (χ1v) is 47.5. The van der Waals surface area contributed by atoms with Gasteiger partial charge in [0.2, 0.25) is 0 Å². The number of anilines is 15. The first-order valence-electron chi connectivity index (χ1n) is 47.5. The quantitative estimate of drug-likeness (QED) is 0.0531. The van der Waals surface area contributed by atoms with Gasteiger partial charge in [-0.15, -0.1) is 0 Å². The molecule has 0 saturated carbocycles. The molecule has 8 nitrogen and oxygen atoms in total. The maximum absolute atomic E-state index is 5.42. The summed E-state index contributed by atoms with van der Waals surface area (Å²) in [4.78, 5) is 13.6. The Kier molecular flexibility index (Phi) is 28.4. The van der Waals surface area contributed by atoms with Gasteiger partial charge in [-0.25, -0.2) is 0 Å². The van der Waals surface area contributed by atoms with Gasteiger partial charge in [-0.2, -0.15) is 0 Å². The first kappa shape index (κ1) is 91.2. The molecule has 0 atom stereocenters. The molecule has 0 aliphatic rings. The standard InChI is InChI=1S/2C44H36N2O.C44H36N2/c1-45(41-18-11-21-44(32-41)47-2)39-26-22-35(23-27-39)36-24-28-40(29-25-36)46(42-19-9-16-37(30-42)33-12-5-3-6-13-33)43-20-10-17-38(31-43)34-14-7-4-8-15-34;1-45(40-27-29-44(47-2)30-28-40)39-23-19-35(20-24-39)36-21-25-41(26-22-36)46(42-17-9-15-37(31-42)33-11-5-3-6-12-33)43-18-10-16-38(32-43)34-13-7-4-8-14-34;1-33-12-9-19-42(30-33)45(2)40-26-22-36(23-27-40)37-24-28-41(29-25-37)46(43-20-10-17-38(31-43)34-13-5-3-6-14-34)44-21-11-18-39(32-44)35-15-7-4-8-16-35/h2*3-32H,1-2H3;3-32H,1-2H3. The van der Waals surface area contributed by atoms with Crippen LogP contribution >= 0.6 is 0 Å². The van der Waals surface area contributed by atoms with E-state index in [0.717, 1.165) is 91.1 Å². The molecule has 0 unspecified atom stereocenters. The number of methoxy groups -OCH3 is 2. The summed E-state index contributed by atoms with van der Waals surface area (Å²) in [5.74, 6) is 1.70. The molecule has 0 fully saturated rings. The van der Waals surface area contributed by atoms with Crippen LogP contribution in [-0.2, 0) is 0 Å². The van der Waals surface area contributed by atoms with Crippen LogP contribution in [0, 0.1) is 6.92 Å². The van der Waals surface area contributed by atoms with Crippen molar-refractivity contribution >= 4 is 85.3 Å². The topological polar surface area (TPSA) is 37.9 Å². The van der Waals surface area contributed by atoms with Crippen molar-refractivity contribution in [1.29, 1.82) is 0 Å².